The van der Waals surface area contributed by atoms with Crippen molar-refractivity contribution in [1.82, 2.24) is 29.3 Å². The van der Waals surface area contributed by atoms with Crippen molar-refractivity contribution < 1.29 is 19.1 Å². The molecule has 2 saturated heterocycles. The number of piperidine rings is 1. The minimum absolute atomic E-state index is 0.0797. The van der Waals surface area contributed by atoms with Crippen molar-refractivity contribution in [1.29, 1.82) is 0 Å². The van der Waals surface area contributed by atoms with E-state index in [1.54, 1.807) is 17.3 Å². The van der Waals surface area contributed by atoms with Gasteiger partial charge in [0.05, 0.1) is 34.8 Å². The minimum atomic E-state index is -1.05. The summed E-state index contributed by atoms with van der Waals surface area (Å²) in [5.74, 6) is -0.334. The molecule has 1 aromatic carbocycles. The fourth-order valence-electron chi connectivity index (χ4n) is 9.00. The number of aliphatic hydroxyl groups is 1. The summed E-state index contributed by atoms with van der Waals surface area (Å²) in [5, 5.41) is 13.8. The van der Waals surface area contributed by atoms with Crippen molar-refractivity contribution in [2.45, 2.75) is 103 Å². The largest absolute Gasteiger partial charge is 0.383 e. The van der Waals surface area contributed by atoms with E-state index in [0.717, 1.165) is 53.8 Å². The lowest BCUT2D eigenvalue weighted by molar-refractivity contribution is -0.145. The zero-order chi connectivity index (χ0) is 37.4. The van der Waals surface area contributed by atoms with Crippen LogP contribution in [-0.4, -0.2) is 90.6 Å². The lowest BCUT2D eigenvalue weighted by Gasteiger charge is -2.46. The predicted octanol–water partition coefficient (Wildman–Crippen LogP) is 6.44. The number of imidazole rings is 1. The quantitative estimate of drug-likeness (QED) is 0.213. The third-order valence-electron chi connectivity index (χ3n) is 12.3. The van der Waals surface area contributed by atoms with Crippen molar-refractivity contribution in [2.75, 3.05) is 36.4 Å². The Kier molecular flexibility index (Phi) is 8.84. The first-order valence-corrected chi connectivity index (χ1v) is 19.2. The third kappa shape index (κ3) is 6.07. The Morgan fingerprint density at radius 2 is 1.77 bits per heavy atom. The van der Waals surface area contributed by atoms with Crippen LogP contribution in [0.2, 0.25) is 0 Å². The van der Waals surface area contributed by atoms with Gasteiger partial charge in [0.25, 0.3) is 5.91 Å². The average Bonchev–Trinajstić information content (AvgIpc) is 3.77. The fourth-order valence-corrected chi connectivity index (χ4v) is 9.00. The van der Waals surface area contributed by atoms with E-state index in [0.29, 0.717) is 48.9 Å². The molecule has 11 nitrogen and oxygen atoms in total. The highest BCUT2D eigenvalue weighted by Crippen LogP contribution is 2.52. The number of aromatic nitrogens is 4. The van der Waals surface area contributed by atoms with Gasteiger partial charge in [-0.2, -0.15) is 0 Å². The highest BCUT2D eigenvalue weighted by molar-refractivity contribution is 6.09. The molecule has 12 heteroatoms. The van der Waals surface area contributed by atoms with Crippen LogP contribution in [-0.2, 0) is 15.0 Å². The van der Waals surface area contributed by atoms with Crippen LogP contribution in [0.15, 0.2) is 49.1 Å². The standard InChI is InChI=1S/C41H51FN8O3/c1-24(2)36(51)38(52)47-15-11-41(12-16-47)29-8-7-26(17-34(29)50(39(41)53)28-18-27(19-28)48-14-10-40(5,6)22-48)32-20-33-35(49(23-44-33)25(3)4)37(46-32)45-31-9-13-43-21-30(31)42/h7-9,13,17,20-21,23-25,27-28,36,51H,10-12,14-16,18-19,22H2,1-6H3,(H,43,45,46)/t27?,28?,36-/m0/s1. The van der Waals surface area contributed by atoms with Crippen LogP contribution < -0.4 is 10.2 Å². The molecule has 2 amide bonds. The molecule has 53 heavy (non-hydrogen) atoms. The van der Waals surface area contributed by atoms with Gasteiger partial charge in [-0.25, -0.2) is 14.4 Å². The topological polar surface area (TPSA) is 120 Å². The number of carbonyl (C=O) groups excluding carboxylic acids is 2. The molecule has 280 valence electrons. The number of halogens is 1. The van der Waals surface area contributed by atoms with E-state index in [-0.39, 0.29) is 35.5 Å². The number of likely N-dealkylation sites (tertiary alicyclic amines) is 2. The van der Waals surface area contributed by atoms with Crippen LogP contribution in [0.4, 0.5) is 21.6 Å². The first-order chi connectivity index (χ1) is 25.3. The first-order valence-electron chi connectivity index (χ1n) is 19.2. The second-order valence-electron chi connectivity index (χ2n) is 17.1. The number of benzene rings is 1. The molecule has 1 atom stereocenters. The van der Waals surface area contributed by atoms with E-state index in [1.807, 2.05) is 30.5 Å². The van der Waals surface area contributed by atoms with E-state index in [9.17, 15) is 19.1 Å². The van der Waals surface area contributed by atoms with Gasteiger partial charge in [-0.3, -0.25) is 19.5 Å². The lowest BCUT2D eigenvalue weighted by atomic mass is 9.73. The molecule has 3 aromatic heterocycles. The second kappa shape index (κ2) is 13.2. The number of anilines is 3. The van der Waals surface area contributed by atoms with Gasteiger partial charge in [0.1, 0.15) is 11.6 Å². The van der Waals surface area contributed by atoms with E-state index in [4.69, 9.17) is 9.97 Å². The van der Waals surface area contributed by atoms with Crippen molar-refractivity contribution in [3.8, 4) is 11.3 Å². The van der Waals surface area contributed by atoms with E-state index < -0.39 is 17.3 Å². The molecule has 3 fully saturated rings. The molecule has 8 rings (SSSR count). The Hall–Kier alpha value is -4.42. The number of hydrogen-bond donors (Lipinski definition) is 2. The van der Waals surface area contributed by atoms with Crippen molar-refractivity contribution in [3.05, 3.63) is 60.4 Å². The number of hydrogen-bond acceptors (Lipinski definition) is 8. The first kappa shape index (κ1) is 35.6. The summed E-state index contributed by atoms with van der Waals surface area (Å²) >= 11 is 0. The van der Waals surface area contributed by atoms with Crippen molar-refractivity contribution in [3.63, 3.8) is 0 Å². The molecule has 1 spiro atoms. The molecule has 4 aliphatic rings. The molecule has 0 unspecified atom stereocenters. The molecular weight excluding hydrogens is 672 g/mol. The Bertz CT molecular complexity index is 2060. The molecule has 0 bridgehead atoms. The fraction of sp³-hybridized carbons (Fsp3) is 0.537. The summed E-state index contributed by atoms with van der Waals surface area (Å²) in [6, 6.07) is 10.4. The monoisotopic (exact) mass is 722 g/mol. The smallest absolute Gasteiger partial charge is 0.251 e. The predicted molar refractivity (Wildman–Crippen MR) is 203 cm³/mol. The summed E-state index contributed by atoms with van der Waals surface area (Å²) < 4.78 is 16.9. The van der Waals surface area contributed by atoms with Gasteiger partial charge < -0.3 is 24.8 Å². The number of fused-ring (bicyclic) bond motifs is 3. The van der Waals surface area contributed by atoms with E-state index in [1.165, 1.54) is 18.8 Å². The number of rotatable bonds is 8. The van der Waals surface area contributed by atoms with Crippen molar-refractivity contribution in [2.24, 2.45) is 11.3 Å². The lowest BCUT2D eigenvalue weighted by Crippen LogP contribution is -2.58. The highest BCUT2D eigenvalue weighted by atomic mass is 19.1. The van der Waals surface area contributed by atoms with Gasteiger partial charge in [-0.05, 0) is 87.6 Å². The number of nitrogens with zero attached hydrogens (tertiary/aromatic N) is 7. The number of carbonyl (C=O) groups is 2. The molecule has 6 heterocycles. The van der Waals surface area contributed by atoms with Crippen LogP contribution in [0.3, 0.4) is 0 Å². The second-order valence-corrected chi connectivity index (χ2v) is 17.1. The summed E-state index contributed by atoms with van der Waals surface area (Å²) in [5.41, 5.74) is 4.73. The van der Waals surface area contributed by atoms with Gasteiger partial charge in [0.2, 0.25) is 5.91 Å². The Morgan fingerprint density at radius 1 is 1.02 bits per heavy atom. The number of pyridine rings is 2. The summed E-state index contributed by atoms with van der Waals surface area (Å²) in [6.07, 6.45) is 7.49. The zero-order valence-electron chi connectivity index (χ0n) is 31.6. The SMILES string of the molecule is CC(C)[C@H](O)C(=O)N1CCC2(CC1)C(=O)N(C1CC(N3CCC(C)(C)C3)C1)c1cc(-c3cc4ncn(C(C)C)c4c(Nc4ccncc4F)n3)ccc12. The molecule has 2 N–H and O–H groups in total. The van der Waals surface area contributed by atoms with E-state index in [2.05, 4.69) is 59.9 Å². The maximum absolute atomic E-state index is 14.9. The number of amides is 2. The Morgan fingerprint density at radius 3 is 2.43 bits per heavy atom. The van der Waals surface area contributed by atoms with Gasteiger partial charge >= 0.3 is 0 Å². The van der Waals surface area contributed by atoms with Crippen LogP contribution in [0, 0.1) is 17.2 Å². The third-order valence-corrected chi connectivity index (χ3v) is 12.3. The molecule has 3 aliphatic heterocycles. The summed E-state index contributed by atoms with van der Waals surface area (Å²) in [7, 11) is 0. The van der Waals surface area contributed by atoms with Gasteiger partial charge in [0.15, 0.2) is 11.6 Å². The number of nitrogens with one attached hydrogen (secondary N) is 1. The highest BCUT2D eigenvalue weighted by Gasteiger charge is 2.56. The minimum Gasteiger partial charge on any atom is -0.383 e. The Balaban J connectivity index is 1.17. The maximum atomic E-state index is 14.9. The van der Waals surface area contributed by atoms with Crippen LogP contribution in [0.25, 0.3) is 22.3 Å². The van der Waals surface area contributed by atoms with Crippen LogP contribution in [0.1, 0.15) is 85.3 Å². The van der Waals surface area contributed by atoms with Gasteiger partial charge in [-0.1, -0.05) is 39.8 Å². The summed E-state index contributed by atoms with van der Waals surface area (Å²) in [6.45, 7) is 15.5. The van der Waals surface area contributed by atoms with Crippen LogP contribution >= 0.6 is 0 Å². The number of aliphatic hydroxyl groups excluding tert-OH is 1. The molecular formula is C41H51FN8O3. The molecule has 1 aliphatic carbocycles. The van der Waals surface area contributed by atoms with Crippen LogP contribution in [0.5, 0.6) is 0 Å². The van der Waals surface area contributed by atoms with E-state index >= 15 is 0 Å². The van der Waals surface area contributed by atoms with Gasteiger partial charge in [0, 0.05) is 55.2 Å². The van der Waals surface area contributed by atoms with Crippen molar-refractivity contribution >= 4 is 40.0 Å². The zero-order valence-corrected chi connectivity index (χ0v) is 31.6. The Labute approximate surface area is 310 Å². The molecule has 1 saturated carbocycles. The molecule has 0 radical (unpaired) electrons. The summed E-state index contributed by atoms with van der Waals surface area (Å²) in [4.78, 5) is 48.1. The maximum Gasteiger partial charge on any atom is 0.251 e. The normalized spacial score (nSPS) is 22.9. The van der Waals surface area contributed by atoms with Gasteiger partial charge in [-0.15, -0.1) is 0 Å². The molecule has 4 aromatic rings. The average molecular weight is 723 g/mol.